The summed E-state index contributed by atoms with van der Waals surface area (Å²) in [7, 11) is 1.95. The van der Waals surface area contributed by atoms with Gasteiger partial charge < -0.3 is 9.30 Å². The Labute approximate surface area is 221 Å². The minimum absolute atomic E-state index is 0.197. The molecular weight excluding hydrogens is 528 g/mol. The second-order valence-corrected chi connectivity index (χ2v) is 9.63. The lowest BCUT2D eigenvalue weighted by atomic mass is 10.0. The summed E-state index contributed by atoms with van der Waals surface area (Å²) in [5, 5.41) is 5.71. The number of benzene rings is 3. The molecule has 7 heteroatoms. The Hall–Kier alpha value is -4.07. The standard InChI is InChI=1S/C30H23BrN4O2/c1-34-25(19-37-18-20-9-4-2-5-10-20)26(23-14-15-24-22(17-23)13-8-16-32-24)30(36)35-29(34)27(31)28(33-35)21-11-6-3-7-12-21/h2-17H,18-19H2,1H3. The van der Waals surface area contributed by atoms with Crippen LogP contribution in [0.4, 0.5) is 0 Å². The monoisotopic (exact) mass is 550 g/mol. The van der Waals surface area contributed by atoms with E-state index in [0.29, 0.717) is 23.5 Å². The minimum Gasteiger partial charge on any atom is -0.371 e. The van der Waals surface area contributed by atoms with Crippen LogP contribution in [-0.4, -0.2) is 19.2 Å². The minimum atomic E-state index is -0.197. The third-order valence-electron chi connectivity index (χ3n) is 6.51. The molecule has 0 atom stereocenters. The maximum atomic E-state index is 14.1. The van der Waals surface area contributed by atoms with E-state index in [-0.39, 0.29) is 12.2 Å². The van der Waals surface area contributed by atoms with Gasteiger partial charge in [-0.3, -0.25) is 9.78 Å². The first-order chi connectivity index (χ1) is 18.1. The van der Waals surface area contributed by atoms with Crippen LogP contribution < -0.4 is 5.56 Å². The molecule has 6 nitrogen and oxygen atoms in total. The normalized spacial score (nSPS) is 11.4. The number of ether oxygens (including phenoxy) is 1. The summed E-state index contributed by atoms with van der Waals surface area (Å²) >= 11 is 3.73. The Bertz CT molecular complexity index is 1790. The van der Waals surface area contributed by atoms with Crippen LogP contribution in [0.2, 0.25) is 0 Å². The van der Waals surface area contributed by atoms with Gasteiger partial charge in [-0.2, -0.15) is 9.61 Å². The van der Waals surface area contributed by atoms with E-state index >= 15 is 0 Å². The van der Waals surface area contributed by atoms with Crippen LogP contribution in [0.1, 0.15) is 11.3 Å². The van der Waals surface area contributed by atoms with Crippen molar-refractivity contribution in [2.45, 2.75) is 13.2 Å². The van der Waals surface area contributed by atoms with Crippen LogP contribution in [0, 0.1) is 0 Å². The molecule has 37 heavy (non-hydrogen) atoms. The Balaban J connectivity index is 1.55. The smallest absolute Gasteiger partial charge is 0.282 e. The number of aryl methyl sites for hydroxylation is 1. The number of nitrogens with zero attached hydrogens (tertiary/aromatic N) is 4. The Morgan fingerprint density at radius 3 is 2.41 bits per heavy atom. The molecule has 0 saturated heterocycles. The maximum absolute atomic E-state index is 14.1. The molecule has 3 aromatic carbocycles. The summed E-state index contributed by atoms with van der Waals surface area (Å²) in [5.74, 6) is 0. The molecule has 0 aliphatic carbocycles. The molecule has 0 bridgehead atoms. The van der Waals surface area contributed by atoms with E-state index in [1.54, 1.807) is 6.20 Å². The van der Waals surface area contributed by atoms with Gasteiger partial charge in [-0.1, -0.05) is 72.8 Å². The Morgan fingerprint density at radius 1 is 0.865 bits per heavy atom. The molecule has 3 heterocycles. The van der Waals surface area contributed by atoms with Crippen LogP contribution >= 0.6 is 15.9 Å². The predicted octanol–water partition coefficient (Wildman–Crippen LogP) is 6.39. The highest BCUT2D eigenvalue weighted by molar-refractivity contribution is 9.10. The summed E-state index contributed by atoms with van der Waals surface area (Å²) in [5.41, 5.74) is 6.20. The van der Waals surface area contributed by atoms with Gasteiger partial charge in [-0.25, -0.2) is 0 Å². The molecule has 0 amide bonds. The van der Waals surface area contributed by atoms with Gasteiger partial charge in [0, 0.05) is 24.2 Å². The lowest BCUT2D eigenvalue weighted by Gasteiger charge is -2.17. The molecule has 6 rings (SSSR count). The molecule has 0 aliphatic rings. The highest BCUT2D eigenvalue weighted by Crippen LogP contribution is 2.33. The summed E-state index contributed by atoms with van der Waals surface area (Å²) in [6, 6.07) is 29.6. The quantitative estimate of drug-likeness (QED) is 0.241. The lowest BCUT2D eigenvalue weighted by molar-refractivity contribution is 0.103. The first-order valence-corrected chi connectivity index (χ1v) is 12.7. The largest absolute Gasteiger partial charge is 0.371 e. The zero-order chi connectivity index (χ0) is 25.4. The van der Waals surface area contributed by atoms with Crippen LogP contribution in [0.5, 0.6) is 0 Å². The average Bonchev–Trinajstić information content (AvgIpc) is 3.30. The number of aromatic nitrogens is 4. The fraction of sp³-hybridized carbons (Fsp3) is 0.100. The van der Waals surface area contributed by atoms with Crippen molar-refractivity contribution in [3.63, 3.8) is 0 Å². The summed E-state index contributed by atoms with van der Waals surface area (Å²) in [6.07, 6.45) is 1.77. The molecule has 0 unspecified atom stereocenters. The van der Waals surface area contributed by atoms with Crippen LogP contribution in [0.25, 0.3) is 38.9 Å². The van der Waals surface area contributed by atoms with Gasteiger partial charge in [0.05, 0.1) is 34.5 Å². The van der Waals surface area contributed by atoms with Crippen molar-refractivity contribution in [2.24, 2.45) is 7.05 Å². The molecule has 3 aromatic heterocycles. The van der Waals surface area contributed by atoms with E-state index in [0.717, 1.165) is 37.8 Å². The third-order valence-corrected chi connectivity index (χ3v) is 7.24. The second kappa shape index (κ2) is 9.76. The van der Waals surface area contributed by atoms with E-state index in [1.807, 2.05) is 103 Å². The van der Waals surface area contributed by atoms with Gasteiger partial charge >= 0.3 is 0 Å². The highest BCUT2D eigenvalue weighted by atomic mass is 79.9. The SMILES string of the molecule is Cn1c(COCc2ccccc2)c(-c2ccc3ncccc3c2)c(=O)n2nc(-c3ccccc3)c(Br)c12. The number of fused-ring (bicyclic) bond motifs is 2. The maximum Gasteiger partial charge on any atom is 0.282 e. The van der Waals surface area contributed by atoms with Crippen LogP contribution in [0.3, 0.4) is 0 Å². The average molecular weight is 551 g/mol. The molecule has 0 spiro atoms. The lowest BCUT2D eigenvalue weighted by Crippen LogP contribution is -2.24. The van der Waals surface area contributed by atoms with Gasteiger partial charge in [-0.15, -0.1) is 0 Å². The van der Waals surface area contributed by atoms with Crippen molar-refractivity contribution in [3.8, 4) is 22.4 Å². The van der Waals surface area contributed by atoms with Gasteiger partial charge in [0.1, 0.15) is 5.69 Å². The third kappa shape index (κ3) is 4.26. The van der Waals surface area contributed by atoms with Crippen LogP contribution in [-0.2, 0) is 25.0 Å². The fourth-order valence-electron chi connectivity index (χ4n) is 4.66. The Morgan fingerprint density at radius 2 is 1.62 bits per heavy atom. The molecule has 182 valence electrons. The second-order valence-electron chi connectivity index (χ2n) is 8.84. The van der Waals surface area contributed by atoms with E-state index in [2.05, 4.69) is 20.9 Å². The predicted molar refractivity (Wildman–Crippen MR) is 149 cm³/mol. The van der Waals surface area contributed by atoms with Crippen molar-refractivity contribution in [1.29, 1.82) is 0 Å². The van der Waals surface area contributed by atoms with Crippen molar-refractivity contribution >= 4 is 32.5 Å². The molecule has 6 aromatic rings. The fourth-order valence-corrected chi connectivity index (χ4v) is 5.40. The zero-order valence-electron chi connectivity index (χ0n) is 20.1. The van der Waals surface area contributed by atoms with Gasteiger partial charge in [0.15, 0.2) is 5.65 Å². The van der Waals surface area contributed by atoms with Gasteiger partial charge in [-0.05, 0) is 45.3 Å². The molecule has 0 radical (unpaired) electrons. The highest BCUT2D eigenvalue weighted by Gasteiger charge is 2.23. The van der Waals surface area contributed by atoms with E-state index in [9.17, 15) is 4.79 Å². The first kappa shape index (κ1) is 23.3. The van der Waals surface area contributed by atoms with Crippen molar-refractivity contribution in [2.75, 3.05) is 0 Å². The van der Waals surface area contributed by atoms with Crippen molar-refractivity contribution < 1.29 is 4.74 Å². The van der Waals surface area contributed by atoms with Crippen LogP contribution in [0.15, 0.2) is 106 Å². The summed E-state index contributed by atoms with van der Waals surface area (Å²) in [4.78, 5) is 18.5. The molecule has 0 aliphatic heterocycles. The van der Waals surface area contributed by atoms with Gasteiger partial charge in [0.2, 0.25) is 0 Å². The summed E-state index contributed by atoms with van der Waals surface area (Å²) < 4.78 is 10.4. The molecule has 0 saturated carbocycles. The number of pyridine rings is 1. The van der Waals surface area contributed by atoms with Crippen molar-refractivity contribution in [3.05, 3.63) is 123 Å². The molecular formula is C30H23BrN4O2. The number of hydrogen-bond acceptors (Lipinski definition) is 4. The van der Waals surface area contributed by atoms with E-state index in [4.69, 9.17) is 9.84 Å². The topological polar surface area (TPSA) is 61.4 Å². The van der Waals surface area contributed by atoms with Crippen molar-refractivity contribution in [1.82, 2.24) is 19.2 Å². The molecule has 0 fully saturated rings. The molecule has 0 N–H and O–H groups in total. The van der Waals surface area contributed by atoms with E-state index < -0.39 is 0 Å². The number of halogens is 1. The first-order valence-electron chi connectivity index (χ1n) is 11.9. The number of hydrogen-bond donors (Lipinski definition) is 0. The number of rotatable bonds is 6. The summed E-state index contributed by atoms with van der Waals surface area (Å²) in [6.45, 7) is 0.701. The Kier molecular flexibility index (Phi) is 6.16. The zero-order valence-corrected chi connectivity index (χ0v) is 21.7. The van der Waals surface area contributed by atoms with Gasteiger partial charge in [0.25, 0.3) is 5.56 Å². The van der Waals surface area contributed by atoms with E-state index in [1.165, 1.54) is 4.52 Å².